The smallest absolute Gasteiger partial charge is 0.0448 e. The second-order valence-corrected chi connectivity index (χ2v) is 3.65. The molecule has 0 heterocycles. The van der Waals surface area contributed by atoms with Gasteiger partial charge in [-0.2, -0.15) is 0 Å². The van der Waals surface area contributed by atoms with Gasteiger partial charge in [-0.25, -0.2) is 0 Å². The first-order valence-corrected chi connectivity index (χ1v) is 5.22. The third-order valence-corrected chi connectivity index (χ3v) is 2.78. The van der Waals surface area contributed by atoms with Crippen LogP contribution >= 0.6 is 24.8 Å². The van der Waals surface area contributed by atoms with E-state index in [0.717, 1.165) is 0 Å². The molecule has 0 aliphatic heterocycles. The number of hydrogen-bond donors (Lipinski definition) is 2. The van der Waals surface area contributed by atoms with E-state index in [1.54, 1.807) is 0 Å². The van der Waals surface area contributed by atoms with Crippen LogP contribution in [0.5, 0.6) is 0 Å². The van der Waals surface area contributed by atoms with Gasteiger partial charge in [0.2, 0.25) is 0 Å². The highest BCUT2D eigenvalue weighted by Gasteiger charge is 2.09. The fourth-order valence-corrected chi connectivity index (χ4v) is 1.95. The van der Waals surface area contributed by atoms with Crippen LogP contribution in [0, 0.1) is 0 Å². The molecule has 2 rings (SSSR count). The summed E-state index contributed by atoms with van der Waals surface area (Å²) in [6.45, 7) is 0.616. The summed E-state index contributed by atoms with van der Waals surface area (Å²) in [4.78, 5) is 0. The van der Waals surface area contributed by atoms with Crippen molar-refractivity contribution in [3.05, 3.63) is 48.0 Å². The molecule has 3 N–H and O–H groups in total. The Bertz CT molecular complexity index is 451. The van der Waals surface area contributed by atoms with E-state index in [-0.39, 0.29) is 30.9 Å². The lowest BCUT2D eigenvalue weighted by Crippen LogP contribution is -2.24. The van der Waals surface area contributed by atoms with E-state index in [0.29, 0.717) is 6.54 Å². The van der Waals surface area contributed by atoms with Gasteiger partial charge < -0.3 is 11.1 Å². The van der Waals surface area contributed by atoms with E-state index in [1.807, 2.05) is 7.05 Å². The van der Waals surface area contributed by atoms with Crippen LogP contribution in [0.4, 0.5) is 0 Å². The number of hydrogen-bond acceptors (Lipinski definition) is 2. The van der Waals surface area contributed by atoms with E-state index < -0.39 is 0 Å². The normalized spacial score (nSPS) is 11.4. The standard InChI is InChI=1S/C13H16N2.2ClH/c1-15-13(9-14)12-8-4-6-10-5-2-3-7-11(10)12;;/h2-8,13,15H,9,14H2,1H3;2*1H. The van der Waals surface area contributed by atoms with Crippen LogP contribution in [0.3, 0.4) is 0 Å². The lowest BCUT2D eigenvalue weighted by Gasteiger charge is -2.16. The van der Waals surface area contributed by atoms with Crippen LogP contribution in [-0.4, -0.2) is 13.6 Å². The van der Waals surface area contributed by atoms with Gasteiger partial charge in [-0.05, 0) is 23.4 Å². The molecule has 94 valence electrons. The van der Waals surface area contributed by atoms with Gasteiger partial charge in [0.25, 0.3) is 0 Å². The number of nitrogens with one attached hydrogen (secondary N) is 1. The first-order chi connectivity index (χ1) is 7.36. The molecule has 0 aromatic heterocycles. The van der Waals surface area contributed by atoms with E-state index in [2.05, 4.69) is 47.8 Å². The number of nitrogens with two attached hydrogens (primary N) is 1. The van der Waals surface area contributed by atoms with Crippen LogP contribution in [0.1, 0.15) is 11.6 Å². The topological polar surface area (TPSA) is 38.0 Å². The van der Waals surface area contributed by atoms with Crippen LogP contribution in [0.25, 0.3) is 10.8 Å². The second kappa shape index (κ2) is 7.51. The summed E-state index contributed by atoms with van der Waals surface area (Å²) in [7, 11) is 1.94. The maximum Gasteiger partial charge on any atom is 0.0448 e. The van der Waals surface area contributed by atoms with E-state index in [9.17, 15) is 0 Å². The highest BCUT2D eigenvalue weighted by Crippen LogP contribution is 2.23. The summed E-state index contributed by atoms with van der Waals surface area (Å²) in [5.41, 5.74) is 7.02. The van der Waals surface area contributed by atoms with Gasteiger partial charge in [-0.15, -0.1) is 24.8 Å². The van der Waals surface area contributed by atoms with Crippen molar-refractivity contribution in [3.63, 3.8) is 0 Å². The van der Waals surface area contributed by atoms with E-state index in [4.69, 9.17) is 5.73 Å². The maximum absolute atomic E-state index is 5.74. The van der Waals surface area contributed by atoms with Gasteiger partial charge in [0.05, 0.1) is 0 Å². The van der Waals surface area contributed by atoms with Gasteiger partial charge in [-0.1, -0.05) is 42.5 Å². The van der Waals surface area contributed by atoms with E-state index >= 15 is 0 Å². The van der Waals surface area contributed by atoms with Crippen molar-refractivity contribution < 1.29 is 0 Å². The number of likely N-dealkylation sites (N-methyl/N-ethyl adjacent to an activating group) is 1. The first-order valence-electron chi connectivity index (χ1n) is 5.22. The minimum Gasteiger partial charge on any atom is -0.329 e. The van der Waals surface area contributed by atoms with Crippen LogP contribution in [0.15, 0.2) is 42.5 Å². The van der Waals surface area contributed by atoms with Gasteiger partial charge in [-0.3, -0.25) is 0 Å². The molecule has 0 saturated heterocycles. The highest BCUT2D eigenvalue weighted by molar-refractivity contribution is 5.86. The molecular formula is C13H18Cl2N2. The highest BCUT2D eigenvalue weighted by atomic mass is 35.5. The quantitative estimate of drug-likeness (QED) is 0.902. The fraction of sp³-hybridized carbons (Fsp3) is 0.231. The Morgan fingerprint density at radius 1 is 1.06 bits per heavy atom. The molecule has 0 radical (unpaired) electrons. The van der Waals surface area contributed by atoms with Crippen molar-refractivity contribution >= 4 is 35.6 Å². The third kappa shape index (κ3) is 3.33. The monoisotopic (exact) mass is 272 g/mol. The van der Waals surface area contributed by atoms with Crippen molar-refractivity contribution in [2.24, 2.45) is 5.73 Å². The summed E-state index contributed by atoms with van der Waals surface area (Å²) in [5.74, 6) is 0. The predicted molar refractivity (Wildman–Crippen MR) is 79.3 cm³/mol. The van der Waals surface area contributed by atoms with Crippen molar-refractivity contribution in [2.45, 2.75) is 6.04 Å². The maximum atomic E-state index is 5.74. The fourth-order valence-electron chi connectivity index (χ4n) is 1.95. The molecule has 4 heteroatoms. The lowest BCUT2D eigenvalue weighted by molar-refractivity contribution is 0.610. The second-order valence-electron chi connectivity index (χ2n) is 3.65. The largest absolute Gasteiger partial charge is 0.329 e. The zero-order valence-electron chi connectivity index (χ0n) is 9.72. The molecule has 0 amide bonds. The molecule has 2 nitrogen and oxygen atoms in total. The zero-order chi connectivity index (χ0) is 10.7. The SMILES string of the molecule is CNC(CN)c1cccc2ccccc12.Cl.Cl. The van der Waals surface area contributed by atoms with E-state index in [1.165, 1.54) is 16.3 Å². The van der Waals surface area contributed by atoms with Gasteiger partial charge in [0.1, 0.15) is 0 Å². The third-order valence-electron chi connectivity index (χ3n) is 2.78. The van der Waals surface area contributed by atoms with Crippen molar-refractivity contribution in [1.82, 2.24) is 5.32 Å². The Morgan fingerprint density at radius 2 is 1.71 bits per heavy atom. The molecule has 0 bridgehead atoms. The summed E-state index contributed by atoms with van der Waals surface area (Å²) in [6, 6.07) is 15.0. The summed E-state index contributed by atoms with van der Waals surface area (Å²) >= 11 is 0. The van der Waals surface area contributed by atoms with Crippen molar-refractivity contribution in [3.8, 4) is 0 Å². The van der Waals surface area contributed by atoms with Crippen LogP contribution in [-0.2, 0) is 0 Å². The van der Waals surface area contributed by atoms with Crippen LogP contribution < -0.4 is 11.1 Å². The Hall–Kier alpha value is -0.800. The summed E-state index contributed by atoms with van der Waals surface area (Å²) in [5, 5.41) is 5.78. The Labute approximate surface area is 114 Å². The first kappa shape index (κ1) is 16.2. The van der Waals surface area contributed by atoms with Gasteiger partial charge >= 0.3 is 0 Å². The lowest BCUT2D eigenvalue weighted by atomic mass is 9.99. The minimum atomic E-state index is 0. The number of benzene rings is 2. The molecular weight excluding hydrogens is 255 g/mol. The molecule has 2 aromatic carbocycles. The number of fused-ring (bicyclic) bond motifs is 1. The van der Waals surface area contributed by atoms with Gasteiger partial charge in [0.15, 0.2) is 0 Å². The van der Waals surface area contributed by atoms with Crippen molar-refractivity contribution in [1.29, 1.82) is 0 Å². The zero-order valence-corrected chi connectivity index (χ0v) is 11.4. The molecule has 0 aliphatic rings. The van der Waals surface area contributed by atoms with Crippen LogP contribution in [0.2, 0.25) is 0 Å². The Kier molecular flexibility index (Phi) is 7.16. The molecule has 1 atom stereocenters. The number of rotatable bonds is 3. The average Bonchev–Trinajstić information content (AvgIpc) is 2.31. The Balaban J connectivity index is 0.00000128. The number of halogens is 2. The molecule has 0 spiro atoms. The average molecular weight is 273 g/mol. The molecule has 2 aromatic rings. The van der Waals surface area contributed by atoms with Gasteiger partial charge in [0, 0.05) is 12.6 Å². The molecule has 0 saturated carbocycles. The summed E-state index contributed by atoms with van der Waals surface area (Å²) < 4.78 is 0. The van der Waals surface area contributed by atoms with Crippen molar-refractivity contribution in [2.75, 3.05) is 13.6 Å². The molecule has 17 heavy (non-hydrogen) atoms. The molecule has 0 fully saturated rings. The Morgan fingerprint density at radius 3 is 2.35 bits per heavy atom. The summed E-state index contributed by atoms with van der Waals surface area (Å²) in [6.07, 6.45) is 0. The minimum absolute atomic E-state index is 0. The molecule has 1 unspecified atom stereocenters. The molecule has 0 aliphatic carbocycles. The predicted octanol–water partition coefficient (Wildman–Crippen LogP) is 2.90.